The molecule has 0 fully saturated rings. The zero-order valence-corrected chi connectivity index (χ0v) is 12.3. The number of carbonyl (C=O) groups is 1. The van der Waals surface area contributed by atoms with Crippen molar-refractivity contribution in [2.45, 2.75) is 40.7 Å². The number of ether oxygens (including phenoxy) is 2. The second-order valence-corrected chi connectivity index (χ2v) is 4.60. The normalized spacial score (nSPS) is 12.5. The first-order chi connectivity index (χ1) is 9.01. The van der Waals surface area contributed by atoms with Crippen LogP contribution < -0.4 is 0 Å². The molecule has 1 unspecified atom stereocenters. The molecule has 1 aromatic rings. The number of carbonyl (C=O) groups excluding carboxylic acids is 1. The van der Waals surface area contributed by atoms with Gasteiger partial charge in [-0.2, -0.15) is 0 Å². The third kappa shape index (κ3) is 3.99. The first-order valence-electron chi connectivity index (χ1n) is 6.63. The lowest BCUT2D eigenvalue weighted by atomic mass is 10.1. The quantitative estimate of drug-likeness (QED) is 0.741. The van der Waals surface area contributed by atoms with E-state index in [1.165, 1.54) is 0 Å². The predicted octanol–water partition coefficient (Wildman–Crippen LogP) is 2.70. The highest BCUT2D eigenvalue weighted by Crippen LogP contribution is 2.23. The highest BCUT2D eigenvalue weighted by molar-refractivity contribution is 5.88. The number of nitrogens with zero attached hydrogens (tertiary/aromatic N) is 2. The third-order valence-electron chi connectivity index (χ3n) is 2.67. The van der Waals surface area contributed by atoms with Gasteiger partial charge in [0.15, 0.2) is 11.5 Å². The highest BCUT2D eigenvalue weighted by Gasteiger charge is 2.22. The Balaban J connectivity index is 3.09. The molecule has 1 heterocycles. The monoisotopic (exact) mass is 266 g/mol. The van der Waals surface area contributed by atoms with Crippen LogP contribution in [0.1, 0.15) is 55.7 Å². The first-order valence-corrected chi connectivity index (χ1v) is 6.63. The first kappa shape index (κ1) is 15.6. The fraction of sp³-hybridized carbons (Fsp3) is 0.643. The maximum atomic E-state index is 11.8. The molecule has 106 valence electrons. The van der Waals surface area contributed by atoms with Gasteiger partial charge in [0, 0.05) is 18.4 Å². The number of esters is 1. The Morgan fingerprint density at radius 3 is 2.53 bits per heavy atom. The summed E-state index contributed by atoms with van der Waals surface area (Å²) < 4.78 is 10.6. The Morgan fingerprint density at radius 2 is 2.00 bits per heavy atom. The van der Waals surface area contributed by atoms with E-state index in [4.69, 9.17) is 9.47 Å². The van der Waals surface area contributed by atoms with Gasteiger partial charge in [-0.25, -0.2) is 14.8 Å². The summed E-state index contributed by atoms with van der Waals surface area (Å²) in [5.74, 6) is 0.353. The Bertz CT molecular complexity index is 433. The van der Waals surface area contributed by atoms with Crippen molar-refractivity contribution in [2.24, 2.45) is 5.92 Å². The van der Waals surface area contributed by atoms with Gasteiger partial charge in [-0.1, -0.05) is 13.8 Å². The molecule has 1 aromatic heterocycles. The van der Waals surface area contributed by atoms with E-state index in [1.807, 2.05) is 20.8 Å². The second-order valence-electron chi connectivity index (χ2n) is 4.60. The topological polar surface area (TPSA) is 61.3 Å². The Labute approximate surface area is 114 Å². The van der Waals surface area contributed by atoms with Gasteiger partial charge in [-0.15, -0.1) is 0 Å². The van der Waals surface area contributed by atoms with Crippen molar-refractivity contribution in [3.8, 4) is 0 Å². The smallest absolute Gasteiger partial charge is 0.357 e. The van der Waals surface area contributed by atoms with Crippen molar-refractivity contribution >= 4 is 5.97 Å². The molecular weight excluding hydrogens is 244 g/mol. The van der Waals surface area contributed by atoms with Crippen LogP contribution in [-0.4, -0.2) is 29.2 Å². The number of rotatable bonds is 6. The van der Waals surface area contributed by atoms with E-state index in [9.17, 15) is 4.79 Å². The summed E-state index contributed by atoms with van der Waals surface area (Å²) in [6.07, 6.45) is 1.43. The lowest BCUT2D eigenvalue weighted by Crippen LogP contribution is -2.18. The molecule has 0 amide bonds. The zero-order valence-electron chi connectivity index (χ0n) is 12.3. The Kier molecular flexibility index (Phi) is 5.89. The van der Waals surface area contributed by atoms with Crippen molar-refractivity contribution in [3.05, 3.63) is 23.3 Å². The van der Waals surface area contributed by atoms with Crippen molar-refractivity contribution < 1.29 is 14.3 Å². The maximum Gasteiger partial charge on any atom is 0.357 e. The number of aryl methyl sites for hydroxylation is 1. The molecule has 0 bridgehead atoms. The zero-order chi connectivity index (χ0) is 14.4. The van der Waals surface area contributed by atoms with Crippen LogP contribution in [0.3, 0.4) is 0 Å². The van der Waals surface area contributed by atoms with Crippen LogP contribution in [0.15, 0.2) is 6.20 Å². The third-order valence-corrected chi connectivity index (χ3v) is 2.67. The molecule has 0 aromatic carbocycles. The number of aromatic nitrogens is 2. The fourth-order valence-corrected chi connectivity index (χ4v) is 1.74. The van der Waals surface area contributed by atoms with Crippen LogP contribution in [0.5, 0.6) is 0 Å². The van der Waals surface area contributed by atoms with Crippen LogP contribution in [0, 0.1) is 12.8 Å². The Hall–Kier alpha value is -1.49. The minimum absolute atomic E-state index is 0.209. The molecule has 19 heavy (non-hydrogen) atoms. The van der Waals surface area contributed by atoms with Gasteiger partial charge in [0.25, 0.3) is 0 Å². The van der Waals surface area contributed by atoms with Gasteiger partial charge in [-0.3, -0.25) is 0 Å². The van der Waals surface area contributed by atoms with Crippen molar-refractivity contribution in [3.63, 3.8) is 0 Å². The molecule has 1 atom stereocenters. The van der Waals surface area contributed by atoms with Crippen molar-refractivity contribution in [1.82, 2.24) is 9.97 Å². The van der Waals surface area contributed by atoms with E-state index in [0.29, 0.717) is 30.3 Å². The minimum Gasteiger partial charge on any atom is -0.461 e. The van der Waals surface area contributed by atoms with E-state index >= 15 is 0 Å². The standard InChI is InChI=1S/C14H22N2O3/c1-6-18-12(9(3)4)13-15-8-10(5)11(16-13)14(17)19-7-2/h8-9,12H,6-7H2,1-5H3. The van der Waals surface area contributed by atoms with Crippen LogP contribution in [-0.2, 0) is 9.47 Å². The lowest BCUT2D eigenvalue weighted by Gasteiger charge is -2.20. The predicted molar refractivity (Wildman–Crippen MR) is 71.9 cm³/mol. The summed E-state index contributed by atoms with van der Waals surface area (Å²) in [5.41, 5.74) is 1.03. The van der Waals surface area contributed by atoms with Gasteiger partial charge < -0.3 is 9.47 Å². The molecule has 0 aliphatic heterocycles. The molecule has 0 spiro atoms. The molecule has 5 heteroatoms. The van der Waals surface area contributed by atoms with E-state index in [0.717, 1.165) is 0 Å². The summed E-state index contributed by atoms with van der Waals surface area (Å²) in [6.45, 7) is 10.5. The van der Waals surface area contributed by atoms with E-state index in [1.54, 1.807) is 20.0 Å². The minimum atomic E-state index is -0.414. The van der Waals surface area contributed by atoms with Crippen molar-refractivity contribution in [2.75, 3.05) is 13.2 Å². The number of hydrogen-bond donors (Lipinski definition) is 0. The molecule has 0 aliphatic carbocycles. The van der Waals surface area contributed by atoms with Gasteiger partial charge in [0.1, 0.15) is 6.10 Å². The van der Waals surface area contributed by atoms with Crippen LogP contribution in [0.4, 0.5) is 0 Å². The molecule has 0 aliphatic rings. The summed E-state index contributed by atoms with van der Waals surface area (Å²) >= 11 is 0. The van der Waals surface area contributed by atoms with Crippen molar-refractivity contribution in [1.29, 1.82) is 0 Å². The Morgan fingerprint density at radius 1 is 1.32 bits per heavy atom. The van der Waals surface area contributed by atoms with E-state index in [-0.39, 0.29) is 12.0 Å². The summed E-state index contributed by atoms with van der Waals surface area (Å²) in [7, 11) is 0. The maximum absolute atomic E-state index is 11.8. The summed E-state index contributed by atoms with van der Waals surface area (Å²) in [6, 6.07) is 0. The summed E-state index contributed by atoms with van der Waals surface area (Å²) in [5, 5.41) is 0. The summed E-state index contributed by atoms with van der Waals surface area (Å²) in [4.78, 5) is 20.4. The van der Waals surface area contributed by atoms with Gasteiger partial charge in [-0.05, 0) is 26.7 Å². The molecule has 0 saturated carbocycles. The van der Waals surface area contributed by atoms with Gasteiger partial charge in [0.2, 0.25) is 0 Å². The lowest BCUT2D eigenvalue weighted by molar-refractivity contribution is 0.0227. The SMILES string of the molecule is CCOC(=O)c1nc(C(OCC)C(C)C)ncc1C. The van der Waals surface area contributed by atoms with Gasteiger partial charge in [0.05, 0.1) is 6.61 Å². The highest BCUT2D eigenvalue weighted by atomic mass is 16.5. The molecule has 0 radical (unpaired) electrons. The molecule has 5 nitrogen and oxygen atoms in total. The molecule has 0 saturated heterocycles. The molecule has 0 N–H and O–H groups in total. The van der Waals surface area contributed by atoms with Crippen LogP contribution in [0.2, 0.25) is 0 Å². The fourth-order valence-electron chi connectivity index (χ4n) is 1.74. The van der Waals surface area contributed by atoms with E-state index < -0.39 is 5.97 Å². The number of hydrogen-bond acceptors (Lipinski definition) is 5. The van der Waals surface area contributed by atoms with E-state index in [2.05, 4.69) is 9.97 Å². The molecule has 1 rings (SSSR count). The average molecular weight is 266 g/mol. The average Bonchev–Trinajstić information content (AvgIpc) is 2.36. The second kappa shape index (κ2) is 7.19. The largest absolute Gasteiger partial charge is 0.461 e. The van der Waals surface area contributed by atoms with Crippen LogP contribution in [0.25, 0.3) is 0 Å². The van der Waals surface area contributed by atoms with Gasteiger partial charge >= 0.3 is 5.97 Å². The molecular formula is C14H22N2O3. The van der Waals surface area contributed by atoms with Crippen LogP contribution >= 0.6 is 0 Å².